The highest BCUT2D eigenvalue weighted by Crippen LogP contribution is 2.46. The van der Waals surface area contributed by atoms with Gasteiger partial charge in [0.2, 0.25) is 5.91 Å². The fraction of sp³-hybridized carbons (Fsp3) is 0.581. The first kappa shape index (κ1) is 26.8. The van der Waals surface area contributed by atoms with Crippen LogP contribution in [0.25, 0.3) is 11.1 Å². The fourth-order valence-electron chi connectivity index (χ4n) is 6.44. The Morgan fingerprint density at radius 2 is 1.79 bits per heavy atom. The SMILES string of the molecule is O=C(Cc1cccc(-c2cc(F)cc(F)c2)c1C1CC1)N[C@@H]1[C@@H](O[C@H]2CCN(CC3CC3)C2)CCCC1(F)F. The lowest BCUT2D eigenvalue weighted by Gasteiger charge is -2.39. The number of carbonyl (C=O) groups excluding carboxylic acids is 1. The molecule has 0 spiro atoms. The Morgan fingerprint density at radius 1 is 1.03 bits per heavy atom. The molecule has 1 N–H and O–H groups in total. The molecule has 210 valence electrons. The first-order valence-electron chi connectivity index (χ1n) is 14.4. The first-order chi connectivity index (χ1) is 18.7. The average molecular weight is 545 g/mol. The maximum atomic E-state index is 15.2. The Morgan fingerprint density at radius 3 is 2.51 bits per heavy atom. The van der Waals surface area contributed by atoms with Crippen molar-refractivity contribution < 1.29 is 27.1 Å². The van der Waals surface area contributed by atoms with E-state index < -0.39 is 35.6 Å². The zero-order chi connectivity index (χ0) is 27.1. The van der Waals surface area contributed by atoms with Crippen LogP contribution in [-0.2, 0) is 16.0 Å². The number of hydrogen-bond acceptors (Lipinski definition) is 3. The second-order valence-electron chi connectivity index (χ2n) is 12.0. The van der Waals surface area contributed by atoms with Gasteiger partial charge >= 0.3 is 0 Å². The van der Waals surface area contributed by atoms with Gasteiger partial charge in [0, 0.05) is 32.1 Å². The van der Waals surface area contributed by atoms with Gasteiger partial charge in [0.05, 0.1) is 18.6 Å². The summed E-state index contributed by atoms with van der Waals surface area (Å²) in [5.41, 5.74) is 2.68. The number of nitrogens with zero attached hydrogens (tertiary/aromatic N) is 1. The second kappa shape index (κ2) is 10.8. The van der Waals surface area contributed by atoms with Crippen molar-refractivity contribution in [3.05, 3.63) is 59.2 Å². The van der Waals surface area contributed by atoms with Gasteiger partial charge in [-0.3, -0.25) is 4.79 Å². The molecule has 2 aromatic carbocycles. The highest BCUT2D eigenvalue weighted by Gasteiger charge is 2.49. The van der Waals surface area contributed by atoms with Crippen LogP contribution >= 0.6 is 0 Å². The molecule has 0 unspecified atom stereocenters. The van der Waals surface area contributed by atoms with Crippen molar-refractivity contribution in [1.82, 2.24) is 10.2 Å². The summed E-state index contributed by atoms with van der Waals surface area (Å²) in [6, 6.07) is 7.39. The maximum Gasteiger partial charge on any atom is 0.270 e. The van der Waals surface area contributed by atoms with Crippen molar-refractivity contribution in [2.24, 2.45) is 5.92 Å². The van der Waals surface area contributed by atoms with Crippen LogP contribution in [0, 0.1) is 17.6 Å². The van der Waals surface area contributed by atoms with Crippen LogP contribution in [0.15, 0.2) is 36.4 Å². The van der Waals surface area contributed by atoms with Gasteiger partial charge in [-0.15, -0.1) is 0 Å². The van der Waals surface area contributed by atoms with E-state index in [1.54, 1.807) is 12.1 Å². The topological polar surface area (TPSA) is 41.6 Å². The Labute approximate surface area is 227 Å². The van der Waals surface area contributed by atoms with E-state index in [4.69, 9.17) is 4.74 Å². The molecule has 3 atom stereocenters. The largest absolute Gasteiger partial charge is 0.371 e. The Hall–Kier alpha value is -2.45. The lowest BCUT2D eigenvalue weighted by molar-refractivity contribution is -0.151. The third-order valence-electron chi connectivity index (χ3n) is 8.66. The van der Waals surface area contributed by atoms with Gasteiger partial charge in [-0.1, -0.05) is 18.2 Å². The number of ether oxygens (including phenoxy) is 1. The summed E-state index contributed by atoms with van der Waals surface area (Å²) in [6.45, 7) is 2.75. The number of hydrogen-bond donors (Lipinski definition) is 1. The summed E-state index contributed by atoms with van der Waals surface area (Å²) in [4.78, 5) is 15.6. The lowest BCUT2D eigenvalue weighted by Crippen LogP contribution is -2.58. The standard InChI is InChI=1S/C31H36F4N2O2/c32-23-13-22(14-24(33)16-23)26-4-1-3-21(29(26)20-8-9-20)15-28(38)36-30-27(5-2-11-31(30,34)35)39-25-10-12-37(18-25)17-19-6-7-19/h1,3-4,13-14,16,19-20,25,27,30H,2,5-12,15,17-18H2,(H,36,38)/t25-,27-,30+/m0/s1. The minimum Gasteiger partial charge on any atom is -0.371 e. The predicted octanol–water partition coefficient (Wildman–Crippen LogP) is 6.23. The highest BCUT2D eigenvalue weighted by atomic mass is 19.3. The number of amides is 1. The molecule has 1 aliphatic heterocycles. The molecule has 39 heavy (non-hydrogen) atoms. The van der Waals surface area contributed by atoms with E-state index in [1.807, 2.05) is 6.07 Å². The van der Waals surface area contributed by atoms with Crippen molar-refractivity contribution in [2.45, 2.75) is 87.9 Å². The van der Waals surface area contributed by atoms with Crippen LogP contribution in [0.5, 0.6) is 0 Å². The van der Waals surface area contributed by atoms with Gasteiger partial charge in [-0.25, -0.2) is 17.6 Å². The summed E-state index contributed by atoms with van der Waals surface area (Å²) in [5.74, 6) is -3.92. The van der Waals surface area contributed by atoms with Crippen molar-refractivity contribution in [3.8, 4) is 11.1 Å². The smallest absolute Gasteiger partial charge is 0.270 e. The first-order valence-corrected chi connectivity index (χ1v) is 14.4. The zero-order valence-corrected chi connectivity index (χ0v) is 22.1. The van der Waals surface area contributed by atoms with Gasteiger partial charge in [-0.05, 0) is 91.2 Å². The van der Waals surface area contributed by atoms with E-state index in [1.165, 1.54) is 25.0 Å². The molecule has 1 heterocycles. The Bertz CT molecular complexity index is 1190. The quantitative estimate of drug-likeness (QED) is 0.381. The average Bonchev–Trinajstić information content (AvgIpc) is 3.80. The molecule has 6 rings (SSSR count). The summed E-state index contributed by atoms with van der Waals surface area (Å²) in [5, 5.41) is 2.65. The number of alkyl halides is 2. The minimum absolute atomic E-state index is 0.0740. The normalized spacial score (nSPS) is 27.0. The number of halogens is 4. The molecule has 0 radical (unpaired) electrons. The molecule has 3 saturated carbocycles. The van der Waals surface area contributed by atoms with Crippen LogP contribution in [0.1, 0.15) is 68.4 Å². The minimum atomic E-state index is -3.05. The van der Waals surface area contributed by atoms with Crippen molar-refractivity contribution in [2.75, 3.05) is 19.6 Å². The monoisotopic (exact) mass is 544 g/mol. The van der Waals surface area contributed by atoms with E-state index >= 15 is 8.78 Å². The molecule has 2 aromatic rings. The van der Waals surface area contributed by atoms with Crippen LogP contribution in [0.2, 0.25) is 0 Å². The van der Waals surface area contributed by atoms with Crippen molar-refractivity contribution in [3.63, 3.8) is 0 Å². The Balaban J connectivity index is 1.17. The van der Waals surface area contributed by atoms with E-state index in [-0.39, 0.29) is 24.9 Å². The van der Waals surface area contributed by atoms with Gasteiger partial charge in [0.1, 0.15) is 17.7 Å². The summed E-state index contributed by atoms with van der Waals surface area (Å²) in [6.07, 6.45) is 4.89. The molecule has 8 heteroatoms. The number of benzene rings is 2. The van der Waals surface area contributed by atoms with E-state index in [2.05, 4.69) is 10.2 Å². The molecule has 4 nitrogen and oxygen atoms in total. The van der Waals surface area contributed by atoms with Gasteiger partial charge in [0.15, 0.2) is 0 Å². The third-order valence-corrected chi connectivity index (χ3v) is 8.66. The molecule has 4 aliphatic rings. The van der Waals surface area contributed by atoms with Crippen LogP contribution in [0.3, 0.4) is 0 Å². The number of nitrogens with one attached hydrogen (secondary N) is 1. The van der Waals surface area contributed by atoms with Crippen LogP contribution in [0.4, 0.5) is 17.6 Å². The summed E-state index contributed by atoms with van der Waals surface area (Å²) in [7, 11) is 0. The molecule has 0 aromatic heterocycles. The summed E-state index contributed by atoms with van der Waals surface area (Å²) >= 11 is 0. The molecule has 3 aliphatic carbocycles. The van der Waals surface area contributed by atoms with Crippen molar-refractivity contribution >= 4 is 5.91 Å². The molecule has 1 amide bonds. The molecular formula is C31H36F4N2O2. The molecular weight excluding hydrogens is 508 g/mol. The Kier molecular flexibility index (Phi) is 7.44. The van der Waals surface area contributed by atoms with Crippen molar-refractivity contribution in [1.29, 1.82) is 0 Å². The van der Waals surface area contributed by atoms with Crippen LogP contribution < -0.4 is 5.32 Å². The van der Waals surface area contributed by atoms with Gasteiger partial charge < -0.3 is 15.0 Å². The van der Waals surface area contributed by atoms with Gasteiger partial charge in [0.25, 0.3) is 5.92 Å². The molecule has 1 saturated heterocycles. The fourth-order valence-corrected chi connectivity index (χ4v) is 6.44. The lowest BCUT2D eigenvalue weighted by atomic mass is 9.87. The highest BCUT2D eigenvalue weighted by molar-refractivity contribution is 5.81. The van der Waals surface area contributed by atoms with Gasteiger partial charge in [-0.2, -0.15) is 0 Å². The number of likely N-dealkylation sites (tertiary alicyclic amines) is 1. The third kappa shape index (κ3) is 6.32. The molecule has 4 fully saturated rings. The second-order valence-corrected chi connectivity index (χ2v) is 12.0. The number of rotatable bonds is 9. The predicted molar refractivity (Wildman–Crippen MR) is 141 cm³/mol. The maximum absolute atomic E-state index is 15.2. The van der Waals surface area contributed by atoms with Crippen LogP contribution in [-0.4, -0.2) is 54.6 Å². The molecule has 0 bridgehead atoms. The van der Waals surface area contributed by atoms with E-state index in [0.717, 1.165) is 56.4 Å². The zero-order valence-electron chi connectivity index (χ0n) is 22.1. The number of carbonyl (C=O) groups is 1. The summed E-state index contributed by atoms with van der Waals surface area (Å²) < 4.78 is 64.5. The van der Waals surface area contributed by atoms with E-state index in [0.29, 0.717) is 29.5 Å². The van der Waals surface area contributed by atoms with E-state index in [9.17, 15) is 13.6 Å².